The summed E-state index contributed by atoms with van der Waals surface area (Å²) in [7, 11) is 0. The maximum atomic E-state index is 10.7. The molecular formula is C14H18ClNO2. The Morgan fingerprint density at radius 2 is 2.28 bits per heavy atom. The van der Waals surface area contributed by atoms with Crippen molar-refractivity contribution in [1.29, 1.82) is 0 Å². The van der Waals surface area contributed by atoms with Crippen LogP contribution < -0.4 is 4.90 Å². The minimum atomic E-state index is -0.735. The molecule has 4 heteroatoms. The molecule has 0 saturated carbocycles. The zero-order chi connectivity index (χ0) is 13.3. The summed E-state index contributed by atoms with van der Waals surface area (Å²) in [6.45, 7) is 5.19. The first kappa shape index (κ1) is 13.2. The lowest BCUT2D eigenvalue weighted by atomic mass is 9.96. The Kier molecular flexibility index (Phi) is 3.81. The molecule has 1 aliphatic heterocycles. The van der Waals surface area contributed by atoms with Crippen LogP contribution in [0.15, 0.2) is 18.2 Å². The quantitative estimate of drug-likeness (QED) is 0.907. The summed E-state index contributed by atoms with van der Waals surface area (Å²) in [6, 6.07) is 6.33. The summed E-state index contributed by atoms with van der Waals surface area (Å²) < 4.78 is 0. The van der Waals surface area contributed by atoms with Crippen LogP contribution in [0.4, 0.5) is 5.69 Å². The number of nitrogens with zero attached hydrogens (tertiary/aromatic N) is 1. The van der Waals surface area contributed by atoms with E-state index in [1.807, 2.05) is 18.2 Å². The number of fused-ring (bicyclic) bond motifs is 1. The molecule has 1 aromatic carbocycles. The van der Waals surface area contributed by atoms with Crippen LogP contribution in [-0.2, 0) is 4.79 Å². The number of halogens is 1. The van der Waals surface area contributed by atoms with E-state index in [2.05, 4.69) is 18.7 Å². The lowest BCUT2D eigenvalue weighted by molar-refractivity contribution is -0.137. The van der Waals surface area contributed by atoms with Gasteiger partial charge >= 0.3 is 5.97 Å². The van der Waals surface area contributed by atoms with E-state index in [0.717, 1.165) is 11.6 Å². The van der Waals surface area contributed by atoms with Gasteiger partial charge in [0, 0.05) is 35.6 Å². The van der Waals surface area contributed by atoms with E-state index in [0.29, 0.717) is 12.5 Å². The smallest absolute Gasteiger partial charge is 0.303 e. The summed E-state index contributed by atoms with van der Waals surface area (Å²) >= 11 is 6.04. The molecule has 0 aliphatic carbocycles. The van der Waals surface area contributed by atoms with Crippen molar-refractivity contribution in [1.82, 2.24) is 0 Å². The Labute approximate surface area is 112 Å². The molecule has 1 aliphatic rings. The molecule has 18 heavy (non-hydrogen) atoms. The van der Waals surface area contributed by atoms with Crippen LogP contribution in [0.1, 0.15) is 38.2 Å². The van der Waals surface area contributed by atoms with Crippen molar-refractivity contribution < 1.29 is 9.90 Å². The molecule has 0 spiro atoms. The maximum Gasteiger partial charge on any atom is 0.303 e. The van der Waals surface area contributed by atoms with Crippen molar-refractivity contribution in [2.75, 3.05) is 11.4 Å². The molecule has 98 valence electrons. The van der Waals surface area contributed by atoms with Crippen molar-refractivity contribution in [3.63, 3.8) is 0 Å². The first-order valence-electron chi connectivity index (χ1n) is 6.27. The molecule has 1 atom stereocenters. The lowest BCUT2D eigenvalue weighted by Gasteiger charge is -2.24. The standard InChI is InChI=1S/C14H18ClNO2/c1-9(2)16-8-10(3-6-14(17)18)12-7-11(15)4-5-13(12)16/h4-5,7,9-10H,3,6,8H2,1-2H3,(H,17,18). The third-order valence-electron chi connectivity index (χ3n) is 3.49. The van der Waals surface area contributed by atoms with Gasteiger partial charge in [0.25, 0.3) is 0 Å². The van der Waals surface area contributed by atoms with Gasteiger partial charge in [-0.3, -0.25) is 4.79 Å². The monoisotopic (exact) mass is 267 g/mol. The molecule has 1 unspecified atom stereocenters. The highest BCUT2D eigenvalue weighted by molar-refractivity contribution is 6.30. The van der Waals surface area contributed by atoms with Gasteiger partial charge in [-0.1, -0.05) is 11.6 Å². The predicted octanol–water partition coefficient (Wildman–Crippen LogP) is 3.52. The molecule has 0 fully saturated rings. The van der Waals surface area contributed by atoms with Gasteiger partial charge in [0.05, 0.1) is 0 Å². The minimum absolute atomic E-state index is 0.211. The molecule has 1 aromatic rings. The molecule has 0 aromatic heterocycles. The minimum Gasteiger partial charge on any atom is -0.481 e. The van der Waals surface area contributed by atoms with Gasteiger partial charge < -0.3 is 10.0 Å². The summed E-state index contributed by atoms with van der Waals surface area (Å²) in [5, 5.41) is 9.53. The number of hydrogen-bond donors (Lipinski definition) is 1. The fraction of sp³-hybridized carbons (Fsp3) is 0.500. The Balaban J connectivity index is 2.26. The Bertz CT molecular complexity index is 459. The van der Waals surface area contributed by atoms with Crippen LogP contribution in [0.2, 0.25) is 5.02 Å². The molecule has 0 amide bonds. The average molecular weight is 268 g/mol. The summed E-state index contributed by atoms with van der Waals surface area (Å²) in [4.78, 5) is 13.0. The largest absolute Gasteiger partial charge is 0.481 e. The Morgan fingerprint density at radius 3 is 2.89 bits per heavy atom. The third kappa shape index (κ3) is 2.61. The second kappa shape index (κ2) is 5.19. The van der Waals surface area contributed by atoms with Crippen LogP contribution in [0.25, 0.3) is 0 Å². The van der Waals surface area contributed by atoms with Crippen molar-refractivity contribution in [2.24, 2.45) is 0 Å². The van der Waals surface area contributed by atoms with Gasteiger partial charge in [-0.05, 0) is 44.0 Å². The number of carboxylic acid groups (broad SMARTS) is 1. The maximum absolute atomic E-state index is 10.7. The van der Waals surface area contributed by atoms with Crippen molar-refractivity contribution in [3.8, 4) is 0 Å². The number of benzene rings is 1. The number of rotatable bonds is 4. The van der Waals surface area contributed by atoms with Gasteiger partial charge in [0.15, 0.2) is 0 Å². The number of hydrogen-bond acceptors (Lipinski definition) is 2. The van der Waals surface area contributed by atoms with E-state index in [1.54, 1.807) is 0 Å². The predicted molar refractivity (Wildman–Crippen MR) is 73.5 cm³/mol. The molecule has 0 bridgehead atoms. The van der Waals surface area contributed by atoms with Gasteiger partial charge in [-0.15, -0.1) is 0 Å². The van der Waals surface area contributed by atoms with Crippen LogP contribution in [0.3, 0.4) is 0 Å². The van der Waals surface area contributed by atoms with Gasteiger partial charge in [0.2, 0.25) is 0 Å². The molecule has 1 heterocycles. The van der Waals surface area contributed by atoms with Gasteiger partial charge in [-0.25, -0.2) is 0 Å². The highest BCUT2D eigenvalue weighted by atomic mass is 35.5. The van der Waals surface area contributed by atoms with E-state index in [1.165, 1.54) is 11.3 Å². The zero-order valence-corrected chi connectivity index (χ0v) is 11.4. The lowest BCUT2D eigenvalue weighted by Crippen LogP contribution is -2.29. The van der Waals surface area contributed by atoms with E-state index in [-0.39, 0.29) is 12.3 Å². The second-order valence-electron chi connectivity index (χ2n) is 5.08. The summed E-state index contributed by atoms with van der Waals surface area (Å²) in [5.74, 6) is -0.459. The molecule has 2 rings (SSSR count). The normalized spacial score (nSPS) is 18.2. The second-order valence-corrected chi connectivity index (χ2v) is 5.52. The van der Waals surface area contributed by atoms with Crippen LogP contribution in [0.5, 0.6) is 0 Å². The van der Waals surface area contributed by atoms with Gasteiger partial charge in [0.1, 0.15) is 0 Å². The fourth-order valence-corrected chi connectivity index (χ4v) is 2.76. The summed E-state index contributed by atoms with van der Waals surface area (Å²) in [6.07, 6.45) is 0.883. The molecule has 0 saturated heterocycles. The van der Waals surface area contributed by atoms with E-state index >= 15 is 0 Å². The highest BCUT2D eigenvalue weighted by Crippen LogP contribution is 2.41. The van der Waals surface area contributed by atoms with E-state index < -0.39 is 5.97 Å². The first-order chi connectivity index (χ1) is 8.49. The van der Waals surface area contributed by atoms with Crippen LogP contribution in [0, 0.1) is 0 Å². The van der Waals surface area contributed by atoms with Crippen LogP contribution in [-0.4, -0.2) is 23.7 Å². The fourth-order valence-electron chi connectivity index (χ4n) is 2.58. The topological polar surface area (TPSA) is 40.5 Å². The number of carboxylic acids is 1. The third-order valence-corrected chi connectivity index (χ3v) is 3.72. The first-order valence-corrected chi connectivity index (χ1v) is 6.64. The Hall–Kier alpha value is -1.22. The number of anilines is 1. The van der Waals surface area contributed by atoms with Crippen molar-refractivity contribution >= 4 is 23.3 Å². The van der Waals surface area contributed by atoms with E-state index in [4.69, 9.17) is 16.7 Å². The van der Waals surface area contributed by atoms with Crippen molar-refractivity contribution in [3.05, 3.63) is 28.8 Å². The Morgan fingerprint density at radius 1 is 1.56 bits per heavy atom. The van der Waals surface area contributed by atoms with Gasteiger partial charge in [-0.2, -0.15) is 0 Å². The van der Waals surface area contributed by atoms with Crippen molar-refractivity contribution in [2.45, 2.75) is 38.6 Å². The molecule has 0 radical (unpaired) electrons. The molecular weight excluding hydrogens is 250 g/mol. The van der Waals surface area contributed by atoms with E-state index in [9.17, 15) is 4.79 Å². The molecule has 1 N–H and O–H groups in total. The molecule has 3 nitrogen and oxygen atoms in total. The SMILES string of the molecule is CC(C)N1CC(CCC(=O)O)c2cc(Cl)ccc21. The number of carbonyl (C=O) groups is 1. The van der Waals surface area contributed by atoms with Crippen LogP contribution >= 0.6 is 11.6 Å². The zero-order valence-electron chi connectivity index (χ0n) is 10.7. The average Bonchev–Trinajstić information content (AvgIpc) is 2.64. The number of aliphatic carboxylic acids is 1. The highest BCUT2D eigenvalue weighted by Gasteiger charge is 2.30. The summed E-state index contributed by atoms with van der Waals surface area (Å²) in [5.41, 5.74) is 2.39.